The molecule has 1 heterocycles. The molecule has 0 saturated carbocycles. The summed E-state index contributed by atoms with van der Waals surface area (Å²) in [5.74, 6) is -1.92. The number of ketones is 1. The average Bonchev–Trinajstić information content (AvgIpc) is 2.67. The number of nitrogens with zero attached hydrogens (tertiary/aromatic N) is 1. The number of benzene rings is 1. The van der Waals surface area contributed by atoms with Gasteiger partial charge in [-0.2, -0.15) is 5.26 Å². The minimum Gasteiger partial charge on any atom is -0.360 e. The highest BCUT2D eigenvalue weighted by Gasteiger charge is 2.45. The molecule has 1 aliphatic heterocycles. The van der Waals surface area contributed by atoms with Gasteiger partial charge < -0.3 is 9.84 Å². The molecule has 0 bridgehead atoms. The van der Waals surface area contributed by atoms with Gasteiger partial charge in [0.1, 0.15) is 0 Å². The van der Waals surface area contributed by atoms with E-state index in [-0.39, 0.29) is 18.6 Å². The van der Waals surface area contributed by atoms with Crippen molar-refractivity contribution in [1.82, 2.24) is 0 Å². The molecule has 1 aliphatic rings. The summed E-state index contributed by atoms with van der Waals surface area (Å²) in [6.45, 7) is 1.71. The van der Waals surface area contributed by atoms with Crippen LogP contribution in [0.25, 0.3) is 0 Å². The van der Waals surface area contributed by atoms with Crippen molar-refractivity contribution in [1.29, 1.82) is 5.26 Å². The molecule has 1 aromatic rings. The maximum atomic E-state index is 11.6. The Kier molecular flexibility index (Phi) is 2.97. The summed E-state index contributed by atoms with van der Waals surface area (Å²) in [4.78, 5) is 11.6. The van der Waals surface area contributed by atoms with Gasteiger partial charge in [0.15, 0.2) is 5.78 Å². The molecule has 2 rings (SSSR count). The highest BCUT2D eigenvalue weighted by atomic mass is 16.6. The van der Waals surface area contributed by atoms with Crippen LogP contribution in [0.15, 0.2) is 24.3 Å². The molecule has 0 radical (unpaired) electrons. The Bertz CT molecular complexity index is 474. The lowest BCUT2D eigenvalue weighted by atomic mass is 10.0. The highest BCUT2D eigenvalue weighted by Crippen LogP contribution is 2.37. The van der Waals surface area contributed by atoms with E-state index in [1.165, 1.54) is 0 Å². The van der Waals surface area contributed by atoms with Crippen molar-refractivity contribution >= 4 is 5.78 Å². The molecule has 2 atom stereocenters. The van der Waals surface area contributed by atoms with Gasteiger partial charge in [-0.15, -0.1) is 0 Å². The quantitative estimate of drug-likeness (QED) is 0.840. The van der Waals surface area contributed by atoms with Crippen molar-refractivity contribution < 1.29 is 14.6 Å². The number of hydrogen-bond acceptors (Lipinski definition) is 4. The van der Waals surface area contributed by atoms with Crippen LogP contribution in [0.2, 0.25) is 0 Å². The SMILES string of the molecule is CCC1(O)OC(c2ccc(C#N)cc2)CC1=O. The Morgan fingerprint density at radius 1 is 1.53 bits per heavy atom. The number of hydrogen-bond donors (Lipinski definition) is 1. The fraction of sp³-hybridized carbons (Fsp3) is 0.385. The first-order valence-corrected chi connectivity index (χ1v) is 5.52. The Labute approximate surface area is 99.4 Å². The van der Waals surface area contributed by atoms with Gasteiger partial charge in [-0.1, -0.05) is 19.1 Å². The standard InChI is InChI=1S/C13H13NO3/c1-2-13(16)12(15)7-11(17-13)10-5-3-9(8-14)4-6-10/h3-6,11,16H,2,7H2,1H3. The van der Waals surface area contributed by atoms with Gasteiger partial charge in [0, 0.05) is 12.8 Å². The molecule has 0 amide bonds. The molecule has 4 heteroatoms. The maximum Gasteiger partial charge on any atom is 0.226 e. The van der Waals surface area contributed by atoms with E-state index in [4.69, 9.17) is 10.00 Å². The lowest BCUT2D eigenvalue weighted by Crippen LogP contribution is -2.34. The molecule has 1 saturated heterocycles. The van der Waals surface area contributed by atoms with Crippen LogP contribution in [0, 0.1) is 11.3 Å². The first-order valence-electron chi connectivity index (χ1n) is 5.52. The topological polar surface area (TPSA) is 70.3 Å². The third kappa shape index (κ3) is 2.07. The number of ether oxygens (including phenoxy) is 1. The average molecular weight is 231 g/mol. The summed E-state index contributed by atoms with van der Waals surface area (Å²) in [7, 11) is 0. The molecule has 17 heavy (non-hydrogen) atoms. The fourth-order valence-electron chi connectivity index (χ4n) is 1.91. The second kappa shape index (κ2) is 4.28. The van der Waals surface area contributed by atoms with Crippen molar-refractivity contribution in [3.05, 3.63) is 35.4 Å². The first-order chi connectivity index (χ1) is 8.09. The number of Topliss-reactive ketones (excluding diaryl/α,β-unsaturated/α-hetero) is 1. The summed E-state index contributed by atoms with van der Waals surface area (Å²) in [5, 5.41) is 18.6. The largest absolute Gasteiger partial charge is 0.360 e. The summed E-state index contributed by atoms with van der Waals surface area (Å²) < 4.78 is 5.39. The predicted molar refractivity (Wildman–Crippen MR) is 59.8 cm³/mol. The zero-order valence-electron chi connectivity index (χ0n) is 9.51. The van der Waals surface area contributed by atoms with Gasteiger partial charge in [-0.05, 0) is 17.7 Å². The van der Waals surface area contributed by atoms with E-state index in [2.05, 4.69) is 0 Å². The van der Waals surface area contributed by atoms with Crippen LogP contribution in [0.1, 0.15) is 37.0 Å². The van der Waals surface area contributed by atoms with Crippen molar-refractivity contribution in [3.8, 4) is 6.07 Å². The number of aliphatic hydroxyl groups is 1. The van der Waals surface area contributed by atoms with E-state index in [9.17, 15) is 9.90 Å². The molecular weight excluding hydrogens is 218 g/mol. The van der Waals surface area contributed by atoms with Gasteiger partial charge in [0.05, 0.1) is 17.7 Å². The second-order valence-electron chi connectivity index (χ2n) is 4.11. The van der Waals surface area contributed by atoms with Crippen LogP contribution in [0.4, 0.5) is 0 Å². The molecule has 0 aliphatic carbocycles. The summed E-state index contributed by atoms with van der Waals surface area (Å²) in [6, 6.07) is 8.87. The highest BCUT2D eigenvalue weighted by molar-refractivity contribution is 5.87. The Morgan fingerprint density at radius 3 is 2.65 bits per heavy atom. The van der Waals surface area contributed by atoms with Gasteiger partial charge in [-0.25, -0.2) is 0 Å². The van der Waals surface area contributed by atoms with E-state index < -0.39 is 11.9 Å². The Hall–Kier alpha value is -1.70. The smallest absolute Gasteiger partial charge is 0.226 e. The molecule has 0 spiro atoms. The van der Waals surface area contributed by atoms with Gasteiger partial charge in [-0.3, -0.25) is 4.79 Å². The third-order valence-electron chi connectivity index (χ3n) is 3.03. The third-order valence-corrected chi connectivity index (χ3v) is 3.03. The van der Waals surface area contributed by atoms with E-state index in [0.717, 1.165) is 5.56 Å². The molecule has 2 unspecified atom stereocenters. The van der Waals surface area contributed by atoms with E-state index in [1.807, 2.05) is 6.07 Å². The maximum absolute atomic E-state index is 11.6. The van der Waals surface area contributed by atoms with Crippen LogP contribution < -0.4 is 0 Å². The number of rotatable bonds is 2. The van der Waals surface area contributed by atoms with Crippen LogP contribution in [-0.4, -0.2) is 16.7 Å². The van der Waals surface area contributed by atoms with Gasteiger partial charge >= 0.3 is 0 Å². The lowest BCUT2D eigenvalue weighted by Gasteiger charge is -2.19. The molecule has 1 fully saturated rings. The lowest BCUT2D eigenvalue weighted by molar-refractivity contribution is -0.196. The Morgan fingerprint density at radius 2 is 2.18 bits per heavy atom. The van der Waals surface area contributed by atoms with Crippen LogP contribution in [0.5, 0.6) is 0 Å². The number of nitriles is 1. The zero-order valence-corrected chi connectivity index (χ0v) is 9.51. The van der Waals surface area contributed by atoms with Crippen molar-refractivity contribution in [2.75, 3.05) is 0 Å². The van der Waals surface area contributed by atoms with Crippen molar-refractivity contribution in [2.24, 2.45) is 0 Å². The molecular formula is C13H13NO3. The second-order valence-corrected chi connectivity index (χ2v) is 4.11. The monoisotopic (exact) mass is 231 g/mol. The van der Waals surface area contributed by atoms with Crippen LogP contribution >= 0.6 is 0 Å². The van der Waals surface area contributed by atoms with Gasteiger partial charge in [0.25, 0.3) is 0 Å². The zero-order chi connectivity index (χ0) is 12.5. The summed E-state index contributed by atoms with van der Waals surface area (Å²) in [6.07, 6.45) is 0.00896. The summed E-state index contributed by atoms with van der Waals surface area (Å²) >= 11 is 0. The van der Waals surface area contributed by atoms with Crippen molar-refractivity contribution in [3.63, 3.8) is 0 Å². The first kappa shape index (κ1) is 11.8. The molecule has 1 aromatic carbocycles. The van der Waals surface area contributed by atoms with Gasteiger partial charge in [0.2, 0.25) is 5.79 Å². The van der Waals surface area contributed by atoms with E-state index >= 15 is 0 Å². The predicted octanol–water partition coefficient (Wildman–Crippen LogP) is 1.69. The van der Waals surface area contributed by atoms with Crippen molar-refractivity contribution in [2.45, 2.75) is 31.7 Å². The number of carbonyl (C=O) groups excluding carboxylic acids is 1. The molecule has 4 nitrogen and oxygen atoms in total. The van der Waals surface area contributed by atoms with E-state index in [0.29, 0.717) is 5.56 Å². The van der Waals surface area contributed by atoms with Crippen LogP contribution in [0.3, 0.4) is 0 Å². The van der Waals surface area contributed by atoms with E-state index in [1.54, 1.807) is 31.2 Å². The number of carbonyl (C=O) groups is 1. The molecule has 88 valence electrons. The normalized spacial score (nSPS) is 28.1. The minimum atomic E-state index is -1.64. The molecule has 1 N–H and O–H groups in total. The minimum absolute atomic E-state index is 0.177. The Balaban J connectivity index is 2.20. The van der Waals surface area contributed by atoms with Crippen LogP contribution in [-0.2, 0) is 9.53 Å². The summed E-state index contributed by atoms with van der Waals surface area (Å²) in [5.41, 5.74) is 1.37. The molecule has 0 aromatic heterocycles. The fourth-order valence-corrected chi connectivity index (χ4v) is 1.91.